The summed E-state index contributed by atoms with van der Waals surface area (Å²) in [5.41, 5.74) is 1.32. The molecule has 0 saturated carbocycles. The molecule has 0 unspecified atom stereocenters. The fraction of sp³-hybridized carbons (Fsp3) is 0.143. The summed E-state index contributed by atoms with van der Waals surface area (Å²) in [5, 5.41) is 0. The molecule has 132 valence electrons. The second-order valence-corrected chi connectivity index (χ2v) is 6.27. The minimum absolute atomic E-state index is 1.32. The number of hydrogen-bond acceptors (Lipinski definition) is 3. The Balaban J connectivity index is -0.000000223. The Labute approximate surface area is 125 Å². The van der Waals surface area contributed by atoms with E-state index in [1.165, 1.54) is 5.56 Å². The van der Waals surface area contributed by atoms with Crippen LogP contribution in [0.1, 0.15) is 5.56 Å². The molecule has 9 N–H and O–H groups in total. The van der Waals surface area contributed by atoms with Crippen molar-refractivity contribution in [3.8, 4) is 0 Å². The van der Waals surface area contributed by atoms with Crippen molar-refractivity contribution in [2.75, 3.05) is 0 Å². The highest BCUT2D eigenvalue weighted by Gasteiger charge is 2.01. The smallest absolute Gasteiger partial charge is 0.303 e. The molecule has 0 atom stereocenters. The quantitative estimate of drug-likeness (QED) is 0.250. The number of hydrogen-bond donors (Lipinski definition) is 9. The van der Waals surface area contributed by atoms with Crippen molar-refractivity contribution in [3.63, 3.8) is 0 Å². The van der Waals surface area contributed by atoms with Crippen molar-refractivity contribution in [2.45, 2.75) is 6.92 Å². The lowest BCUT2D eigenvalue weighted by molar-refractivity contribution is 0.272. The molecule has 0 saturated heterocycles. The fourth-order valence-electron chi connectivity index (χ4n) is 0.534. The van der Waals surface area contributed by atoms with E-state index in [2.05, 4.69) is 19.1 Å². The van der Waals surface area contributed by atoms with Gasteiger partial charge in [-0.3, -0.25) is 0 Å². The SMILES string of the molecule is Cc1ccccc1.O=P(O)(O)O.O=P(O)(O)O.O=P(O)(O)O. The molecule has 1 aromatic rings. The first-order chi connectivity index (χ1) is 9.39. The summed E-state index contributed by atoms with van der Waals surface area (Å²) >= 11 is 0. The van der Waals surface area contributed by atoms with E-state index in [0.29, 0.717) is 0 Å². The maximum atomic E-state index is 8.88. The van der Waals surface area contributed by atoms with Crippen LogP contribution in [0.15, 0.2) is 30.3 Å². The summed E-state index contributed by atoms with van der Waals surface area (Å²) in [5.74, 6) is 0. The molecule has 1 aromatic carbocycles. The minimum Gasteiger partial charge on any atom is -0.303 e. The zero-order valence-electron chi connectivity index (χ0n) is 11.0. The van der Waals surface area contributed by atoms with Gasteiger partial charge >= 0.3 is 23.5 Å². The summed E-state index contributed by atoms with van der Waals surface area (Å²) in [7, 11) is -13.9. The van der Waals surface area contributed by atoms with E-state index in [1.807, 2.05) is 18.2 Å². The van der Waals surface area contributed by atoms with Crippen molar-refractivity contribution in [1.82, 2.24) is 0 Å². The van der Waals surface area contributed by atoms with Crippen molar-refractivity contribution in [3.05, 3.63) is 35.9 Å². The Morgan fingerprint density at radius 3 is 0.864 bits per heavy atom. The van der Waals surface area contributed by atoms with Gasteiger partial charge in [-0.1, -0.05) is 35.9 Å². The van der Waals surface area contributed by atoms with Crippen LogP contribution < -0.4 is 0 Å². The van der Waals surface area contributed by atoms with Gasteiger partial charge in [0.15, 0.2) is 0 Å². The largest absolute Gasteiger partial charge is 0.466 e. The van der Waals surface area contributed by atoms with E-state index in [0.717, 1.165) is 0 Å². The molecule has 0 radical (unpaired) electrons. The average Bonchev–Trinajstić information content (AvgIpc) is 2.09. The van der Waals surface area contributed by atoms with Gasteiger partial charge < -0.3 is 44.0 Å². The molecule has 0 aliphatic carbocycles. The highest BCUT2D eigenvalue weighted by atomic mass is 31.2. The van der Waals surface area contributed by atoms with E-state index < -0.39 is 23.5 Å². The molecule has 22 heavy (non-hydrogen) atoms. The number of aryl methyl sites for hydroxylation is 1. The molecule has 0 heterocycles. The highest BCUT2D eigenvalue weighted by Crippen LogP contribution is 2.26. The van der Waals surface area contributed by atoms with Crippen LogP contribution in [0, 0.1) is 6.92 Å². The average molecular weight is 386 g/mol. The van der Waals surface area contributed by atoms with Crippen molar-refractivity contribution >= 4 is 23.5 Å². The summed E-state index contributed by atoms with van der Waals surface area (Å²) < 4.78 is 26.6. The van der Waals surface area contributed by atoms with Crippen LogP contribution in [-0.2, 0) is 13.7 Å². The summed E-state index contributed by atoms with van der Waals surface area (Å²) in [6, 6.07) is 10.3. The van der Waals surface area contributed by atoms with Crippen LogP contribution in [0.3, 0.4) is 0 Å². The molecule has 0 aliphatic rings. The maximum Gasteiger partial charge on any atom is 0.466 e. The number of phosphoric acid groups is 3. The van der Waals surface area contributed by atoms with E-state index >= 15 is 0 Å². The zero-order valence-corrected chi connectivity index (χ0v) is 13.7. The number of benzene rings is 1. The van der Waals surface area contributed by atoms with Gasteiger partial charge in [-0.15, -0.1) is 0 Å². The van der Waals surface area contributed by atoms with Crippen LogP contribution >= 0.6 is 23.5 Å². The zero-order chi connectivity index (χ0) is 18.6. The van der Waals surface area contributed by atoms with Crippen molar-refractivity contribution in [1.29, 1.82) is 0 Å². The second kappa shape index (κ2) is 12.0. The van der Waals surface area contributed by atoms with Crippen LogP contribution in [0.5, 0.6) is 0 Å². The van der Waals surface area contributed by atoms with Crippen LogP contribution in [0.2, 0.25) is 0 Å². The number of rotatable bonds is 0. The van der Waals surface area contributed by atoms with E-state index in [9.17, 15) is 0 Å². The van der Waals surface area contributed by atoms with Gasteiger partial charge in [0.25, 0.3) is 0 Å². The lowest BCUT2D eigenvalue weighted by Gasteiger charge is -1.82. The third-order valence-electron chi connectivity index (χ3n) is 0.940. The molecule has 0 fully saturated rings. The molecule has 12 nitrogen and oxygen atoms in total. The van der Waals surface area contributed by atoms with Crippen LogP contribution in [0.25, 0.3) is 0 Å². The first-order valence-electron chi connectivity index (χ1n) is 4.76. The van der Waals surface area contributed by atoms with Gasteiger partial charge in [0.1, 0.15) is 0 Å². The van der Waals surface area contributed by atoms with Crippen molar-refractivity contribution in [2.24, 2.45) is 0 Å². The molecule has 1 rings (SSSR count). The Morgan fingerprint density at radius 1 is 0.591 bits per heavy atom. The van der Waals surface area contributed by atoms with E-state index in [4.69, 9.17) is 57.7 Å². The predicted molar refractivity (Wildman–Crippen MR) is 74.0 cm³/mol. The first kappa shape index (κ1) is 26.4. The van der Waals surface area contributed by atoms with Crippen LogP contribution in [-0.4, -0.2) is 44.0 Å². The summed E-state index contributed by atoms with van der Waals surface area (Å²) in [4.78, 5) is 64.7. The molecule has 0 aliphatic heterocycles. The fourth-order valence-corrected chi connectivity index (χ4v) is 0.534. The highest BCUT2D eigenvalue weighted by molar-refractivity contribution is 7.45. The van der Waals surface area contributed by atoms with Gasteiger partial charge in [-0.05, 0) is 6.92 Å². The Hall–Kier alpha value is -0.450. The lowest BCUT2D eigenvalue weighted by atomic mass is 10.2. The summed E-state index contributed by atoms with van der Waals surface area (Å²) in [6.07, 6.45) is 0. The van der Waals surface area contributed by atoms with Gasteiger partial charge in [-0.2, -0.15) is 0 Å². The van der Waals surface area contributed by atoms with Gasteiger partial charge in [0.05, 0.1) is 0 Å². The maximum absolute atomic E-state index is 8.88. The van der Waals surface area contributed by atoms with Gasteiger partial charge in [0, 0.05) is 0 Å². The summed E-state index contributed by atoms with van der Waals surface area (Å²) in [6.45, 7) is 2.08. The Bertz CT molecular complexity index is 440. The topological polar surface area (TPSA) is 233 Å². The minimum atomic E-state index is -4.64. The predicted octanol–water partition coefficient (Wildman–Crippen LogP) is -0.791. The standard InChI is InChI=1S/C7H8.3H3O4P/c1-7-5-3-2-4-6-7;3*1-5(2,3)4/h2-6H,1H3;3*(H3,1,2,3,4). The molecule has 15 heteroatoms. The molecular weight excluding hydrogens is 369 g/mol. The lowest BCUT2D eigenvalue weighted by Crippen LogP contribution is -1.66. The third kappa shape index (κ3) is 118. The van der Waals surface area contributed by atoms with Crippen molar-refractivity contribution < 1.29 is 57.7 Å². The van der Waals surface area contributed by atoms with E-state index in [-0.39, 0.29) is 0 Å². The molecule has 0 amide bonds. The van der Waals surface area contributed by atoms with Gasteiger partial charge in [0.2, 0.25) is 0 Å². The molecular formula is C7H17O12P3. The molecule has 0 spiro atoms. The first-order valence-corrected chi connectivity index (χ1v) is 9.45. The normalized spacial score (nSPS) is 10.8. The molecule has 0 bridgehead atoms. The monoisotopic (exact) mass is 386 g/mol. The van der Waals surface area contributed by atoms with Crippen LogP contribution in [0.4, 0.5) is 0 Å². The van der Waals surface area contributed by atoms with E-state index in [1.54, 1.807) is 0 Å². The van der Waals surface area contributed by atoms with Gasteiger partial charge in [-0.25, -0.2) is 13.7 Å². The Kier molecular flexibility index (Phi) is 14.5. The molecule has 0 aromatic heterocycles. The third-order valence-corrected chi connectivity index (χ3v) is 0.940. The second-order valence-electron chi connectivity index (χ2n) is 3.19. The Morgan fingerprint density at radius 2 is 0.773 bits per heavy atom.